The van der Waals surface area contributed by atoms with Gasteiger partial charge in [0.05, 0.1) is 10.5 Å². The van der Waals surface area contributed by atoms with Gasteiger partial charge in [-0.1, -0.05) is 29.8 Å². The van der Waals surface area contributed by atoms with Crippen LogP contribution < -0.4 is 0 Å². The molecule has 10 heteroatoms. The Bertz CT molecular complexity index is 1410. The normalized spacial score (nSPS) is 15.1. The van der Waals surface area contributed by atoms with Gasteiger partial charge in [0.15, 0.2) is 0 Å². The maximum Gasteiger partial charge on any atom is 0.276 e. The number of aromatic amines is 1. The fourth-order valence-corrected chi connectivity index (χ4v) is 5.43. The topological polar surface area (TPSA) is 99.3 Å². The Hall–Kier alpha value is -3.27. The van der Waals surface area contributed by atoms with E-state index in [1.54, 1.807) is 47.6 Å². The van der Waals surface area contributed by atoms with Crippen LogP contribution in [-0.4, -0.2) is 64.7 Å². The van der Waals surface area contributed by atoms with Crippen LogP contribution in [0.5, 0.6) is 0 Å². The summed E-state index contributed by atoms with van der Waals surface area (Å²) in [5.41, 5.74) is 3.56. The Morgan fingerprint density at radius 1 is 0.909 bits per heavy atom. The van der Waals surface area contributed by atoms with Crippen LogP contribution >= 0.6 is 11.6 Å². The number of rotatable bonds is 4. The minimum absolute atomic E-state index is 0.121. The largest absolute Gasteiger partial charge is 0.336 e. The molecule has 33 heavy (non-hydrogen) atoms. The number of aromatic nitrogens is 3. The molecule has 1 amide bonds. The van der Waals surface area contributed by atoms with Gasteiger partial charge >= 0.3 is 0 Å². The molecule has 0 unspecified atom stereocenters. The molecule has 0 radical (unpaired) electrons. The summed E-state index contributed by atoms with van der Waals surface area (Å²) in [7, 11) is -3.83. The van der Waals surface area contributed by atoms with Crippen LogP contribution in [-0.2, 0) is 10.0 Å². The summed E-state index contributed by atoms with van der Waals surface area (Å²) in [6.45, 7) is 0.970. The number of hydrogen-bond acceptors (Lipinski definition) is 5. The Balaban J connectivity index is 1.27. The lowest BCUT2D eigenvalue weighted by atomic mass is 10.0. The number of carbonyl (C=O) groups is 1. The van der Waals surface area contributed by atoms with Crippen molar-refractivity contribution in [3.63, 3.8) is 0 Å². The van der Waals surface area contributed by atoms with E-state index in [2.05, 4.69) is 15.0 Å². The SMILES string of the molecule is O=C(c1ccc(-c2ccncc2)cc1)N1CCN(S(=O)(=O)c2nc3c(Cl)cccc3[nH]2)CC1. The summed E-state index contributed by atoms with van der Waals surface area (Å²) in [6, 6.07) is 16.3. The lowest BCUT2D eigenvalue weighted by Gasteiger charge is -2.33. The van der Waals surface area contributed by atoms with E-state index in [1.165, 1.54) is 4.31 Å². The molecule has 0 bridgehead atoms. The minimum Gasteiger partial charge on any atom is -0.336 e. The third-order valence-corrected chi connectivity index (χ3v) is 7.73. The van der Waals surface area contributed by atoms with Crippen LogP contribution in [0.4, 0.5) is 0 Å². The highest BCUT2D eigenvalue weighted by molar-refractivity contribution is 7.89. The average Bonchev–Trinajstić information content (AvgIpc) is 3.31. The second kappa shape index (κ2) is 8.58. The molecule has 0 saturated carbocycles. The smallest absolute Gasteiger partial charge is 0.276 e. The molecule has 2 aromatic carbocycles. The van der Waals surface area contributed by atoms with Gasteiger partial charge in [0.1, 0.15) is 5.52 Å². The zero-order valence-electron chi connectivity index (χ0n) is 17.5. The summed E-state index contributed by atoms with van der Waals surface area (Å²) in [5.74, 6) is -0.121. The predicted octanol–water partition coefficient (Wildman–Crippen LogP) is 3.43. The highest BCUT2D eigenvalue weighted by Gasteiger charge is 2.32. The summed E-state index contributed by atoms with van der Waals surface area (Å²) in [5, 5.41) is 0.243. The molecule has 1 saturated heterocycles. The van der Waals surface area contributed by atoms with Gasteiger partial charge in [-0.2, -0.15) is 4.31 Å². The standard InChI is InChI=1S/C23H20ClN5O3S/c24-19-2-1-3-20-21(19)27-23(26-20)33(31,32)29-14-12-28(13-15-29)22(30)18-6-4-16(5-7-18)17-8-10-25-11-9-17/h1-11H,12-15H2,(H,26,27). The van der Waals surface area contributed by atoms with Gasteiger partial charge in [-0.15, -0.1) is 0 Å². The molecule has 1 aliphatic rings. The zero-order valence-corrected chi connectivity index (χ0v) is 19.1. The van der Waals surface area contributed by atoms with E-state index in [4.69, 9.17) is 11.6 Å². The number of benzene rings is 2. The van der Waals surface area contributed by atoms with E-state index in [-0.39, 0.29) is 24.2 Å². The van der Waals surface area contributed by atoms with Gasteiger partial charge in [0.2, 0.25) is 5.16 Å². The number of sulfonamides is 1. The van der Waals surface area contributed by atoms with Crippen LogP contribution in [0, 0.1) is 0 Å². The van der Waals surface area contributed by atoms with Crippen molar-refractivity contribution in [2.45, 2.75) is 5.16 Å². The first-order chi connectivity index (χ1) is 15.9. The van der Waals surface area contributed by atoms with E-state index < -0.39 is 10.0 Å². The number of hydrogen-bond donors (Lipinski definition) is 1. The van der Waals surface area contributed by atoms with Crippen molar-refractivity contribution >= 4 is 38.6 Å². The first-order valence-corrected chi connectivity index (χ1v) is 12.2. The van der Waals surface area contributed by atoms with Gasteiger partial charge in [-0.05, 0) is 47.5 Å². The average molecular weight is 482 g/mol. The number of piperazine rings is 1. The highest BCUT2D eigenvalue weighted by Crippen LogP contribution is 2.25. The Morgan fingerprint density at radius 2 is 1.58 bits per heavy atom. The molecule has 0 aliphatic carbocycles. The fourth-order valence-electron chi connectivity index (χ4n) is 3.88. The van der Waals surface area contributed by atoms with Crippen LogP contribution in [0.25, 0.3) is 22.2 Å². The maximum atomic E-state index is 13.1. The van der Waals surface area contributed by atoms with Gasteiger partial charge < -0.3 is 9.88 Å². The lowest BCUT2D eigenvalue weighted by Crippen LogP contribution is -2.50. The number of nitrogens with one attached hydrogen (secondary N) is 1. The predicted molar refractivity (Wildman–Crippen MR) is 125 cm³/mol. The summed E-state index contributed by atoms with van der Waals surface area (Å²) >= 11 is 6.13. The third kappa shape index (κ3) is 4.10. The highest BCUT2D eigenvalue weighted by atomic mass is 35.5. The molecule has 0 atom stereocenters. The van der Waals surface area contributed by atoms with Gasteiger partial charge in [-0.3, -0.25) is 9.78 Å². The quantitative estimate of drug-likeness (QED) is 0.481. The number of carbonyl (C=O) groups excluding carboxylic acids is 1. The van der Waals surface area contributed by atoms with Crippen molar-refractivity contribution in [2.24, 2.45) is 0 Å². The van der Waals surface area contributed by atoms with Gasteiger partial charge in [-0.25, -0.2) is 13.4 Å². The molecule has 3 heterocycles. The number of H-pyrrole nitrogens is 1. The summed E-state index contributed by atoms with van der Waals surface area (Å²) in [6.07, 6.45) is 3.45. The van der Waals surface area contributed by atoms with Crippen molar-refractivity contribution in [3.05, 3.63) is 77.6 Å². The zero-order chi connectivity index (χ0) is 23.0. The first-order valence-electron chi connectivity index (χ1n) is 10.4. The fraction of sp³-hybridized carbons (Fsp3) is 0.174. The molecule has 0 spiro atoms. The van der Waals surface area contributed by atoms with Crippen molar-refractivity contribution in [3.8, 4) is 11.1 Å². The van der Waals surface area contributed by atoms with Crippen LogP contribution in [0.1, 0.15) is 10.4 Å². The number of amides is 1. The van der Waals surface area contributed by atoms with Crippen molar-refractivity contribution in [1.29, 1.82) is 0 Å². The number of halogens is 1. The molecule has 4 aromatic rings. The van der Waals surface area contributed by atoms with E-state index in [1.807, 2.05) is 24.3 Å². The molecular weight excluding hydrogens is 462 g/mol. The van der Waals surface area contributed by atoms with Crippen molar-refractivity contribution in [1.82, 2.24) is 24.2 Å². The van der Waals surface area contributed by atoms with Gasteiger partial charge in [0, 0.05) is 44.1 Å². The molecule has 8 nitrogen and oxygen atoms in total. The number of nitrogens with zero attached hydrogens (tertiary/aromatic N) is 4. The van der Waals surface area contributed by atoms with E-state index in [0.29, 0.717) is 34.7 Å². The Morgan fingerprint density at radius 3 is 2.24 bits per heavy atom. The maximum absolute atomic E-state index is 13.1. The summed E-state index contributed by atoms with van der Waals surface area (Å²) < 4.78 is 27.5. The second-order valence-electron chi connectivity index (χ2n) is 7.69. The minimum atomic E-state index is -3.83. The van der Waals surface area contributed by atoms with Crippen LogP contribution in [0.2, 0.25) is 5.02 Å². The molecule has 5 rings (SSSR count). The van der Waals surface area contributed by atoms with Crippen LogP contribution in [0.3, 0.4) is 0 Å². The summed E-state index contributed by atoms with van der Waals surface area (Å²) in [4.78, 5) is 25.7. The molecule has 1 fully saturated rings. The molecular formula is C23H20ClN5O3S. The third-order valence-electron chi connectivity index (χ3n) is 5.70. The van der Waals surface area contributed by atoms with Gasteiger partial charge in [0.25, 0.3) is 15.9 Å². The monoisotopic (exact) mass is 481 g/mol. The van der Waals surface area contributed by atoms with E-state index in [9.17, 15) is 13.2 Å². The molecule has 168 valence electrons. The number of fused-ring (bicyclic) bond motifs is 1. The molecule has 2 aromatic heterocycles. The lowest BCUT2D eigenvalue weighted by molar-refractivity contribution is 0.0697. The number of imidazole rings is 1. The Labute approximate surface area is 195 Å². The second-order valence-corrected chi connectivity index (χ2v) is 9.95. The number of pyridine rings is 1. The van der Waals surface area contributed by atoms with E-state index in [0.717, 1.165) is 11.1 Å². The first kappa shape index (κ1) is 21.6. The van der Waals surface area contributed by atoms with Crippen LogP contribution in [0.15, 0.2) is 72.1 Å². The molecule has 1 N–H and O–H groups in total. The van der Waals surface area contributed by atoms with Crippen molar-refractivity contribution < 1.29 is 13.2 Å². The Kier molecular flexibility index (Phi) is 5.61. The molecule has 1 aliphatic heterocycles. The number of para-hydroxylation sites is 1. The van der Waals surface area contributed by atoms with Crippen molar-refractivity contribution in [2.75, 3.05) is 26.2 Å². The van der Waals surface area contributed by atoms with E-state index >= 15 is 0 Å².